The number of fused-ring (bicyclic) bond motifs is 2. The van der Waals surface area contributed by atoms with Crippen LogP contribution in [0.15, 0.2) is 54.7 Å². The highest BCUT2D eigenvalue weighted by Gasteiger charge is 2.09. The molecule has 2 heteroatoms. The third-order valence-electron chi connectivity index (χ3n) is 3.98. The lowest BCUT2D eigenvalue weighted by Crippen LogP contribution is -2.11. The van der Waals surface area contributed by atoms with Crippen molar-refractivity contribution in [2.45, 2.75) is 12.8 Å². The van der Waals surface area contributed by atoms with E-state index in [1.807, 2.05) is 12.3 Å². The fourth-order valence-corrected chi connectivity index (χ4v) is 2.90. The summed E-state index contributed by atoms with van der Waals surface area (Å²) < 4.78 is 0. The average Bonchev–Trinajstić information content (AvgIpc) is 2.54. The summed E-state index contributed by atoms with van der Waals surface area (Å²) >= 11 is 0. The summed E-state index contributed by atoms with van der Waals surface area (Å²) in [5.41, 5.74) is 6.29. The van der Waals surface area contributed by atoms with Crippen molar-refractivity contribution in [2.75, 3.05) is 11.9 Å². The molecular formula is C18H16N2. The van der Waals surface area contributed by atoms with Gasteiger partial charge in [0.25, 0.3) is 0 Å². The third kappa shape index (κ3) is 1.94. The first-order valence-electron chi connectivity index (χ1n) is 7.12. The summed E-state index contributed by atoms with van der Waals surface area (Å²) in [4.78, 5) is 4.44. The maximum atomic E-state index is 4.44. The average molecular weight is 260 g/mol. The van der Waals surface area contributed by atoms with Gasteiger partial charge in [-0.15, -0.1) is 0 Å². The topological polar surface area (TPSA) is 24.9 Å². The van der Waals surface area contributed by atoms with Crippen LogP contribution in [0.3, 0.4) is 0 Å². The molecule has 2 aromatic carbocycles. The molecule has 0 fully saturated rings. The summed E-state index contributed by atoms with van der Waals surface area (Å²) in [7, 11) is 0. The van der Waals surface area contributed by atoms with Crippen molar-refractivity contribution in [1.82, 2.24) is 4.98 Å². The molecule has 20 heavy (non-hydrogen) atoms. The highest BCUT2D eigenvalue weighted by atomic mass is 14.9. The van der Waals surface area contributed by atoms with Gasteiger partial charge in [-0.3, -0.25) is 4.98 Å². The van der Waals surface area contributed by atoms with Crippen molar-refractivity contribution in [3.05, 3.63) is 60.3 Å². The highest BCUT2D eigenvalue weighted by molar-refractivity contribution is 5.84. The molecule has 0 aliphatic carbocycles. The third-order valence-corrected chi connectivity index (χ3v) is 3.98. The van der Waals surface area contributed by atoms with Crippen LogP contribution in [0, 0.1) is 0 Å². The number of aromatic nitrogens is 1. The van der Waals surface area contributed by atoms with Gasteiger partial charge < -0.3 is 5.32 Å². The van der Waals surface area contributed by atoms with Gasteiger partial charge in [-0.1, -0.05) is 24.3 Å². The van der Waals surface area contributed by atoms with Gasteiger partial charge in [-0.05, 0) is 53.8 Å². The molecule has 0 amide bonds. The zero-order valence-electron chi connectivity index (χ0n) is 11.3. The van der Waals surface area contributed by atoms with E-state index in [2.05, 4.69) is 52.8 Å². The molecule has 98 valence electrons. The standard InChI is InChI=1S/C18H16N2/c1-3-13-5-6-15(12-18(13)20-10-1)14-7-8-17-16(11-14)4-2-9-19-17/h1,3,5-8,10-12,19H,2,4,9H2. The summed E-state index contributed by atoms with van der Waals surface area (Å²) in [5, 5.41) is 4.65. The number of benzene rings is 2. The Morgan fingerprint density at radius 3 is 2.85 bits per heavy atom. The first kappa shape index (κ1) is 11.5. The molecule has 4 rings (SSSR count). The van der Waals surface area contributed by atoms with Crippen LogP contribution >= 0.6 is 0 Å². The number of rotatable bonds is 1. The van der Waals surface area contributed by atoms with Crippen LogP contribution < -0.4 is 5.32 Å². The van der Waals surface area contributed by atoms with E-state index in [1.54, 1.807) is 0 Å². The zero-order valence-corrected chi connectivity index (χ0v) is 11.3. The molecule has 0 atom stereocenters. The van der Waals surface area contributed by atoms with Crippen molar-refractivity contribution in [3.63, 3.8) is 0 Å². The van der Waals surface area contributed by atoms with Gasteiger partial charge in [0.2, 0.25) is 0 Å². The van der Waals surface area contributed by atoms with Crippen LogP contribution in [0.2, 0.25) is 0 Å². The molecule has 0 spiro atoms. The predicted molar refractivity (Wildman–Crippen MR) is 84.0 cm³/mol. The minimum Gasteiger partial charge on any atom is -0.385 e. The SMILES string of the molecule is c1cnc2cc(-c3ccc4c(c3)CCCN4)ccc2c1. The summed E-state index contributed by atoms with van der Waals surface area (Å²) in [6, 6.07) is 17.3. The van der Waals surface area contributed by atoms with Gasteiger partial charge >= 0.3 is 0 Å². The Bertz CT molecular complexity index is 777. The van der Waals surface area contributed by atoms with Gasteiger partial charge in [-0.2, -0.15) is 0 Å². The molecule has 0 bridgehead atoms. The zero-order chi connectivity index (χ0) is 13.4. The molecule has 0 saturated carbocycles. The Morgan fingerprint density at radius 1 is 0.950 bits per heavy atom. The van der Waals surface area contributed by atoms with Crippen molar-refractivity contribution in [3.8, 4) is 11.1 Å². The highest BCUT2D eigenvalue weighted by Crippen LogP contribution is 2.29. The molecular weight excluding hydrogens is 244 g/mol. The van der Waals surface area contributed by atoms with Crippen molar-refractivity contribution in [1.29, 1.82) is 0 Å². The maximum absolute atomic E-state index is 4.44. The van der Waals surface area contributed by atoms with E-state index >= 15 is 0 Å². The summed E-state index contributed by atoms with van der Waals surface area (Å²) in [6.45, 7) is 1.09. The van der Waals surface area contributed by atoms with Gasteiger partial charge in [0.05, 0.1) is 5.52 Å². The van der Waals surface area contributed by atoms with Crippen LogP contribution in [0.25, 0.3) is 22.0 Å². The number of hydrogen-bond acceptors (Lipinski definition) is 2. The number of pyridine rings is 1. The fraction of sp³-hybridized carbons (Fsp3) is 0.167. The summed E-state index contributed by atoms with van der Waals surface area (Å²) in [5.74, 6) is 0. The van der Waals surface area contributed by atoms with Crippen LogP contribution in [-0.2, 0) is 6.42 Å². The molecule has 1 N–H and O–H groups in total. The van der Waals surface area contributed by atoms with E-state index < -0.39 is 0 Å². The number of anilines is 1. The predicted octanol–water partition coefficient (Wildman–Crippen LogP) is 4.26. The van der Waals surface area contributed by atoms with Crippen LogP contribution in [0.4, 0.5) is 5.69 Å². The Hall–Kier alpha value is -2.35. The molecule has 2 nitrogen and oxygen atoms in total. The van der Waals surface area contributed by atoms with E-state index in [9.17, 15) is 0 Å². The molecule has 0 radical (unpaired) electrons. The van der Waals surface area contributed by atoms with Crippen LogP contribution in [0.5, 0.6) is 0 Å². The Morgan fingerprint density at radius 2 is 1.85 bits per heavy atom. The first-order chi connectivity index (χ1) is 9.90. The Kier molecular flexibility index (Phi) is 2.66. The van der Waals surface area contributed by atoms with Crippen molar-refractivity contribution >= 4 is 16.6 Å². The monoisotopic (exact) mass is 260 g/mol. The lowest BCUT2D eigenvalue weighted by molar-refractivity contribution is 0.830. The number of aryl methyl sites for hydroxylation is 1. The molecule has 1 aliphatic heterocycles. The molecule has 0 unspecified atom stereocenters. The smallest absolute Gasteiger partial charge is 0.0708 e. The van der Waals surface area contributed by atoms with E-state index in [0.717, 1.165) is 12.1 Å². The van der Waals surface area contributed by atoms with Gasteiger partial charge in [-0.25, -0.2) is 0 Å². The number of nitrogens with one attached hydrogen (secondary N) is 1. The quantitative estimate of drug-likeness (QED) is 0.707. The van der Waals surface area contributed by atoms with Crippen LogP contribution in [-0.4, -0.2) is 11.5 Å². The normalized spacial score (nSPS) is 13.8. The molecule has 2 heterocycles. The summed E-state index contributed by atoms with van der Waals surface area (Å²) in [6.07, 6.45) is 4.24. The van der Waals surface area contributed by atoms with Crippen molar-refractivity contribution in [2.24, 2.45) is 0 Å². The van der Waals surface area contributed by atoms with Gasteiger partial charge in [0, 0.05) is 23.8 Å². The molecule has 1 aliphatic rings. The second-order valence-corrected chi connectivity index (χ2v) is 5.31. The van der Waals surface area contributed by atoms with E-state index in [0.29, 0.717) is 0 Å². The fourth-order valence-electron chi connectivity index (χ4n) is 2.90. The Balaban J connectivity index is 1.82. The lowest BCUT2D eigenvalue weighted by atomic mass is 9.97. The van der Waals surface area contributed by atoms with Crippen LogP contribution in [0.1, 0.15) is 12.0 Å². The second-order valence-electron chi connectivity index (χ2n) is 5.31. The minimum absolute atomic E-state index is 1.06. The van der Waals surface area contributed by atoms with Gasteiger partial charge in [0.1, 0.15) is 0 Å². The number of hydrogen-bond donors (Lipinski definition) is 1. The Labute approximate surface area is 118 Å². The van der Waals surface area contributed by atoms with E-state index in [4.69, 9.17) is 0 Å². The molecule has 0 saturated heterocycles. The lowest BCUT2D eigenvalue weighted by Gasteiger charge is -2.18. The maximum Gasteiger partial charge on any atom is 0.0708 e. The molecule has 3 aromatic rings. The van der Waals surface area contributed by atoms with E-state index in [-0.39, 0.29) is 0 Å². The largest absolute Gasteiger partial charge is 0.385 e. The van der Waals surface area contributed by atoms with Crippen molar-refractivity contribution < 1.29 is 0 Å². The second kappa shape index (κ2) is 4.64. The van der Waals surface area contributed by atoms with Gasteiger partial charge in [0.15, 0.2) is 0 Å². The number of nitrogens with zero attached hydrogens (tertiary/aromatic N) is 1. The minimum atomic E-state index is 1.06. The molecule has 1 aromatic heterocycles. The first-order valence-corrected chi connectivity index (χ1v) is 7.12. The van der Waals surface area contributed by atoms with E-state index in [1.165, 1.54) is 40.6 Å².